The standard InChI is InChI=1S/C16H25N3O3S/c1-12(2)14-10-19(11-15(14)17-16(20)18(3)4)23(21,22)13-8-6-5-7-9-13/h5-9,12,14-15H,10-11H2,1-4H3,(H,17,20). The molecule has 1 N–H and O–H groups in total. The summed E-state index contributed by atoms with van der Waals surface area (Å²) in [5, 5.41) is 2.94. The first-order chi connectivity index (χ1) is 10.7. The van der Waals surface area contributed by atoms with Crippen LogP contribution in [0.2, 0.25) is 0 Å². The van der Waals surface area contributed by atoms with Crippen molar-refractivity contribution in [3.8, 4) is 0 Å². The monoisotopic (exact) mass is 339 g/mol. The van der Waals surface area contributed by atoms with Gasteiger partial charge in [-0.25, -0.2) is 13.2 Å². The molecule has 0 spiro atoms. The van der Waals surface area contributed by atoms with Crippen LogP contribution in [0.5, 0.6) is 0 Å². The number of nitrogens with zero attached hydrogens (tertiary/aromatic N) is 2. The van der Waals surface area contributed by atoms with Gasteiger partial charge in [0.15, 0.2) is 0 Å². The molecule has 1 aromatic carbocycles. The quantitative estimate of drug-likeness (QED) is 0.906. The van der Waals surface area contributed by atoms with Crippen molar-refractivity contribution in [3.05, 3.63) is 30.3 Å². The third-order valence-electron chi connectivity index (χ3n) is 4.28. The van der Waals surface area contributed by atoms with Gasteiger partial charge in [-0.2, -0.15) is 4.31 Å². The van der Waals surface area contributed by atoms with Crippen molar-refractivity contribution >= 4 is 16.1 Å². The number of hydrogen-bond donors (Lipinski definition) is 1. The fourth-order valence-electron chi connectivity index (χ4n) is 2.85. The maximum absolute atomic E-state index is 12.8. The number of benzene rings is 1. The largest absolute Gasteiger partial charge is 0.334 e. The molecule has 2 atom stereocenters. The maximum atomic E-state index is 12.8. The van der Waals surface area contributed by atoms with Crippen molar-refractivity contribution in [1.29, 1.82) is 0 Å². The van der Waals surface area contributed by atoms with Gasteiger partial charge >= 0.3 is 6.03 Å². The van der Waals surface area contributed by atoms with Gasteiger partial charge in [0.2, 0.25) is 10.0 Å². The molecule has 128 valence electrons. The Morgan fingerprint density at radius 3 is 2.35 bits per heavy atom. The zero-order valence-electron chi connectivity index (χ0n) is 14.1. The van der Waals surface area contributed by atoms with Crippen LogP contribution in [0.15, 0.2) is 35.2 Å². The van der Waals surface area contributed by atoms with E-state index < -0.39 is 10.0 Å². The summed E-state index contributed by atoms with van der Waals surface area (Å²) in [6.07, 6.45) is 0. The summed E-state index contributed by atoms with van der Waals surface area (Å²) < 4.78 is 27.0. The number of hydrogen-bond acceptors (Lipinski definition) is 3. The first-order valence-electron chi connectivity index (χ1n) is 7.76. The summed E-state index contributed by atoms with van der Waals surface area (Å²) in [5.41, 5.74) is 0. The molecule has 1 heterocycles. The number of carbonyl (C=O) groups is 1. The molecule has 6 nitrogen and oxygen atoms in total. The Morgan fingerprint density at radius 2 is 1.83 bits per heavy atom. The molecule has 0 bridgehead atoms. The minimum absolute atomic E-state index is 0.0948. The second-order valence-electron chi connectivity index (χ2n) is 6.49. The SMILES string of the molecule is CC(C)C1CN(S(=O)(=O)c2ccccc2)CC1NC(=O)N(C)C. The molecular weight excluding hydrogens is 314 g/mol. The zero-order valence-corrected chi connectivity index (χ0v) is 14.9. The Balaban J connectivity index is 2.21. The van der Waals surface area contributed by atoms with Gasteiger partial charge in [-0.15, -0.1) is 0 Å². The van der Waals surface area contributed by atoms with Gasteiger partial charge in [0.1, 0.15) is 0 Å². The molecule has 1 aliphatic heterocycles. The number of sulfonamides is 1. The van der Waals surface area contributed by atoms with Crippen LogP contribution in [-0.2, 0) is 10.0 Å². The lowest BCUT2D eigenvalue weighted by molar-refractivity contribution is 0.207. The molecule has 7 heteroatoms. The highest BCUT2D eigenvalue weighted by Crippen LogP contribution is 2.29. The van der Waals surface area contributed by atoms with Crippen molar-refractivity contribution in [1.82, 2.24) is 14.5 Å². The topological polar surface area (TPSA) is 69.7 Å². The fourth-order valence-corrected chi connectivity index (χ4v) is 4.37. The molecule has 23 heavy (non-hydrogen) atoms. The van der Waals surface area contributed by atoms with Gasteiger partial charge in [-0.05, 0) is 24.0 Å². The van der Waals surface area contributed by atoms with E-state index in [1.165, 1.54) is 9.21 Å². The molecule has 2 rings (SSSR count). The number of nitrogens with one attached hydrogen (secondary N) is 1. The smallest absolute Gasteiger partial charge is 0.317 e. The average molecular weight is 339 g/mol. The molecule has 0 radical (unpaired) electrons. The molecule has 0 aliphatic carbocycles. The van der Waals surface area contributed by atoms with Gasteiger partial charge in [-0.1, -0.05) is 32.0 Å². The van der Waals surface area contributed by atoms with Crippen LogP contribution in [-0.4, -0.2) is 56.9 Å². The van der Waals surface area contributed by atoms with E-state index in [-0.39, 0.29) is 23.9 Å². The summed E-state index contributed by atoms with van der Waals surface area (Å²) in [6, 6.07) is 8.06. The summed E-state index contributed by atoms with van der Waals surface area (Å²) in [4.78, 5) is 13.7. The number of amides is 2. The molecule has 1 aliphatic rings. The lowest BCUT2D eigenvalue weighted by Gasteiger charge is -2.24. The second kappa shape index (κ2) is 6.88. The van der Waals surface area contributed by atoms with Crippen LogP contribution in [0.3, 0.4) is 0 Å². The van der Waals surface area contributed by atoms with Gasteiger partial charge in [0.05, 0.1) is 4.90 Å². The van der Waals surface area contributed by atoms with E-state index >= 15 is 0 Å². The first-order valence-corrected chi connectivity index (χ1v) is 9.20. The van der Waals surface area contributed by atoms with Crippen LogP contribution in [0.4, 0.5) is 4.79 Å². The second-order valence-corrected chi connectivity index (χ2v) is 8.43. The van der Waals surface area contributed by atoms with Gasteiger partial charge in [0.25, 0.3) is 0 Å². The highest BCUT2D eigenvalue weighted by atomic mass is 32.2. The highest BCUT2D eigenvalue weighted by Gasteiger charge is 2.41. The average Bonchev–Trinajstić information content (AvgIpc) is 2.93. The van der Waals surface area contributed by atoms with E-state index in [9.17, 15) is 13.2 Å². The normalized spacial score (nSPS) is 22.3. The summed E-state index contributed by atoms with van der Waals surface area (Å²) in [5.74, 6) is 0.371. The summed E-state index contributed by atoms with van der Waals surface area (Å²) in [6.45, 7) is 4.84. The van der Waals surface area contributed by atoms with E-state index in [0.717, 1.165) is 0 Å². The predicted molar refractivity (Wildman–Crippen MR) is 89.5 cm³/mol. The van der Waals surface area contributed by atoms with Crippen molar-refractivity contribution in [2.24, 2.45) is 11.8 Å². The molecular formula is C16H25N3O3S. The zero-order chi connectivity index (χ0) is 17.2. The Labute approximate surface area is 138 Å². The minimum Gasteiger partial charge on any atom is -0.334 e. The van der Waals surface area contributed by atoms with Crippen LogP contribution in [0.1, 0.15) is 13.8 Å². The van der Waals surface area contributed by atoms with Gasteiger partial charge < -0.3 is 10.2 Å². The maximum Gasteiger partial charge on any atom is 0.317 e. The minimum atomic E-state index is -3.53. The van der Waals surface area contributed by atoms with Crippen molar-refractivity contribution in [2.75, 3.05) is 27.2 Å². The van der Waals surface area contributed by atoms with Crippen molar-refractivity contribution in [3.63, 3.8) is 0 Å². The van der Waals surface area contributed by atoms with Crippen molar-refractivity contribution < 1.29 is 13.2 Å². The lowest BCUT2D eigenvalue weighted by Crippen LogP contribution is -2.46. The lowest BCUT2D eigenvalue weighted by atomic mass is 9.91. The van der Waals surface area contributed by atoms with Gasteiger partial charge in [0, 0.05) is 33.2 Å². The number of carbonyl (C=O) groups excluding carboxylic acids is 1. The Hall–Kier alpha value is -1.60. The predicted octanol–water partition coefficient (Wildman–Crippen LogP) is 1.60. The van der Waals surface area contributed by atoms with E-state index in [4.69, 9.17) is 0 Å². The van der Waals surface area contributed by atoms with Crippen LogP contribution < -0.4 is 5.32 Å². The van der Waals surface area contributed by atoms with E-state index in [2.05, 4.69) is 19.2 Å². The number of rotatable bonds is 4. The molecule has 2 unspecified atom stereocenters. The molecule has 1 aromatic rings. The highest BCUT2D eigenvalue weighted by molar-refractivity contribution is 7.89. The molecule has 2 amide bonds. The molecule has 1 fully saturated rings. The summed E-state index contributed by atoms with van der Waals surface area (Å²) >= 11 is 0. The van der Waals surface area contributed by atoms with Crippen molar-refractivity contribution in [2.45, 2.75) is 24.8 Å². The van der Waals surface area contributed by atoms with Crippen LogP contribution in [0, 0.1) is 11.8 Å². The Bertz CT molecular complexity index is 644. The first kappa shape index (κ1) is 17.7. The molecule has 0 saturated carbocycles. The van der Waals surface area contributed by atoms with E-state index in [0.29, 0.717) is 18.0 Å². The van der Waals surface area contributed by atoms with E-state index in [1.807, 2.05) is 0 Å². The Morgan fingerprint density at radius 1 is 1.22 bits per heavy atom. The summed E-state index contributed by atoms with van der Waals surface area (Å²) in [7, 11) is -0.178. The third kappa shape index (κ3) is 3.84. The molecule has 1 saturated heterocycles. The third-order valence-corrected chi connectivity index (χ3v) is 6.13. The number of urea groups is 1. The fraction of sp³-hybridized carbons (Fsp3) is 0.562. The van der Waals surface area contributed by atoms with E-state index in [1.54, 1.807) is 44.4 Å². The Kier molecular flexibility index (Phi) is 5.31. The van der Waals surface area contributed by atoms with Gasteiger partial charge in [-0.3, -0.25) is 0 Å². The van der Waals surface area contributed by atoms with Crippen LogP contribution >= 0.6 is 0 Å². The van der Waals surface area contributed by atoms with Crippen LogP contribution in [0.25, 0.3) is 0 Å². The molecule has 0 aromatic heterocycles.